The first kappa shape index (κ1) is 7.89. The molecule has 1 aromatic heterocycles. The van der Waals surface area contributed by atoms with E-state index in [-0.39, 0.29) is 5.95 Å². The molecule has 60 valence electrons. The van der Waals surface area contributed by atoms with Crippen LogP contribution in [0.25, 0.3) is 10.4 Å². The van der Waals surface area contributed by atoms with Crippen molar-refractivity contribution in [3.63, 3.8) is 0 Å². The van der Waals surface area contributed by atoms with Gasteiger partial charge in [0.1, 0.15) is 0 Å². The summed E-state index contributed by atoms with van der Waals surface area (Å²) in [4.78, 5) is 18.6. The van der Waals surface area contributed by atoms with Crippen molar-refractivity contribution in [2.75, 3.05) is 0 Å². The number of aromatic nitrogens is 2. The van der Waals surface area contributed by atoms with Gasteiger partial charge in [-0.2, -0.15) is 0 Å². The SMILES string of the molecule is [N-]=[N+]=Nc1nccc([N+](=O)[O-])n1. The van der Waals surface area contributed by atoms with Crippen molar-refractivity contribution < 1.29 is 4.92 Å². The third-order valence-electron chi connectivity index (χ3n) is 0.949. The molecule has 0 aliphatic heterocycles. The molecular weight excluding hydrogens is 164 g/mol. The topological polar surface area (TPSA) is 118 Å². The Bertz CT molecular complexity index is 339. The molecule has 0 atom stereocenters. The van der Waals surface area contributed by atoms with E-state index in [9.17, 15) is 10.1 Å². The van der Waals surface area contributed by atoms with Crippen LogP contribution in [-0.2, 0) is 0 Å². The summed E-state index contributed by atoms with van der Waals surface area (Å²) in [6.45, 7) is 0. The zero-order valence-electron chi connectivity index (χ0n) is 5.65. The van der Waals surface area contributed by atoms with E-state index in [0.29, 0.717) is 0 Å². The minimum absolute atomic E-state index is 0.258. The standard InChI is InChI=1S/C4H2N6O2/c5-9-8-4-6-2-1-3(7-4)10(11)12/h1-2H. The lowest BCUT2D eigenvalue weighted by molar-refractivity contribution is -0.389. The molecule has 0 aromatic carbocycles. The molecule has 8 nitrogen and oxygen atoms in total. The highest BCUT2D eigenvalue weighted by atomic mass is 16.6. The number of nitro groups is 1. The molecule has 0 aliphatic carbocycles. The highest BCUT2D eigenvalue weighted by molar-refractivity contribution is 5.24. The van der Waals surface area contributed by atoms with Crippen LogP contribution in [0.15, 0.2) is 17.4 Å². The van der Waals surface area contributed by atoms with Crippen molar-refractivity contribution in [3.8, 4) is 0 Å². The molecule has 1 rings (SSSR count). The van der Waals surface area contributed by atoms with Gasteiger partial charge in [-0.15, -0.1) is 0 Å². The molecule has 8 heteroatoms. The largest absolute Gasteiger partial charge is 0.367 e. The Morgan fingerprint density at radius 3 is 3.08 bits per heavy atom. The fraction of sp³-hybridized carbons (Fsp3) is 0. The molecule has 0 spiro atoms. The third-order valence-corrected chi connectivity index (χ3v) is 0.949. The summed E-state index contributed by atoms with van der Waals surface area (Å²) >= 11 is 0. The van der Waals surface area contributed by atoms with Gasteiger partial charge in [0.2, 0.25) is 0 Å². The van der Waals surface area contributed by atoms with E-state index >= 15 is 0 Å². The van der Waals surface area contributed by atoms with Gasteiger partial charge in [-0.1, -0.05) is 0 Å². The molecule has 1 heterocycles. The third kappa shape index (κ3) is 1.64. The molecule has 0 aliphatic rings. The van der Waals surface area contributed by atoms with Crippen molar-refractivity contribution in [2.24, 2.45) is 5.11 Å². The van der Waals surface area contributed by atoms with E-state index < -0.39 is 10.7 Å². The van der Waals surface area contributed by atoms with Gasteiger partial charge in [0, 0.05) is 16.2 Å². The number of azide groups is 1. The first-order chi connectivity index (χ1) is 5.74. The summed E-state index contributed by atoms with van der Waals surface area (Å²) in [5, 5.41) is 13.1. The second-order valence-electron chi connectivity index (χ2n) is 1.66. The maximum absolute atomic E-state index is 10.1. The van der Waals surface area contributed by atoms with Crippen molar-refractivity contribution in [1.29, 1.82) is 0 Å². The van der Waals surface area contributed by atoms with E-state index in [1.807, 2.05) is 0 Å². The summed E-state index contributed by atoms with van der Waals surface area (Å²) in [5.41, 5.74) is 7.96. The van der Waals surface area contributed by atoms with Crippen molar-refractivity contribution in [1.82, 2.24) is 9.97 Å². The Morgan fingerprint density at radius 2 is 2.50 bits per heavy atom. The minimum Gasteiger partial charge on any atom is -0.358 e. The zero-order valence-corrected chi connectivity index (χ0v) is 5.65. The van der Waals surface area contributed by atoms with Crippen LogP contribution in [0.3, 0.4) is 0 Å². The van der Waals surface area contributed by atoms with Crippen molar-refractivity contribution in [2.45, 2.75) is 0 Å². The van der Waals surface area contributed by atoms with Gasteiger partial charge in [-0.3, -0.25) is 0 Å². The van der Waals surface area contributed by atoms with Gasteiger partial charge in [-0.05, 0) is 15.4 Å². The molecule has 0 radical (unpaired) electrons. The predicted octanol–water partition coefficient (Wildman–Crippen LogP) is 1.33. The predicted molar refractivity (Wildman–Crippen MR) is 37.5 cm³/mol. The summed E-state index contributed by atoms with van der Waals surface area (Å²) in [5.74, 6) is -0.654. The summed E-state index contributed by atoms with van der Waals surface area (Å²) < 4.78 is 0. The van der Waals surface area contributed by atoms with Gasteiger partial charge < -0.3 is 10.1 Å². The molecule has 0 unspecified atom stereocenters. The normalized spacial score (nSPS) is 8.67. The Hall–Kier alpha value is -2.21. The van der Waals surface area contributed by atoms with Gasteiger partial charge in [0.25, 0.3) is 0 Å². The maximum atomic E-state index is 10.1. The van der Waals surface area contributed by atoms with Gasteiger partial charge in [-0.25, -0.2) is 4.98 Å². The summed E-state index contributed by atoms with van der Waals surface area (Å²) in [7, 11) is 0. The molecule has 0 amide bonds. The molecular formula is C4H2N6O2. The first-order valence-corrected chi connectivity index (χ1v) is 2.76. The van der Waals surface area contributed by atoms with E-state index in [0.717, 1.165) is 12.3 Å². The number of hydrogen-bond acceptors (Lipinski definition) is 5. The monoisotopic (exact) mass is 166 g/mol. The average Bonchev–Trinajstić information content (AvgIpc) is 2.05. The fourth-order valence-corrected chi connectivity index (χ4v) is 0.529. The van der Waals surface area contributed by atoms with E-state index in [1.165, 1.54) is 0 Å². The zero-order chi connectivity index (χ0) is 8.97. The number of rotatable bonds is 2. The maximum Gasteiger partial charge on any atom is 0.367 e. The molecule has 0 N–H and O–H groups in total. The van der Waals surface area contributed by atoms with Gasteiger partial charge >= 0.3 is 11.8 Å². The van der Waals surface area contributed by atoms with Gasteiger partial charge in [0.15, 0.2) is 0 Å². The second kappa shape index (κ2) is 3.26. The number of nitrogens with zero attached hydrogens (tertiary/aromatic N) is 6. The minimum atomic E-state index is -0.696. The van der Waals surface area contributed by atoms with Crippen LogP contribution in [-0.4, -0.2) is 14.9 Å². The van der Waals surface area contributed by atoms with Crippen LogP contribution in [0, 0.1) is 10.1 Å². The van der Waals surface area contributed by atoms with Crippen molar-refractivity contribution >= 4 is 11.8 Å². The van der Waals surface area contributed by atoms with E-state index in [2.05, 4.69) is 20.0 Å². The molecule has 1 aromatic rings. The van der Waals surface area contributed by atoms with Crippen LogP contribution in [0.5, 0.6) is 0 Å². The van der Waals surface area contributed by atoms with Crippen LogP contribution < -0.4 is 0 Å². The molecule has 0 bridgehead atoms. The molecule has 0 fully saturated rings. The molecule has 0 saturated carbocycles. The highest BCUT2D eigenvalue weighted by Gasteiger charge is 2.08. The Balaban J connectivity index is 3.11. The van der Waals surface area contributed by atoms with Crippen LogP contribution in [0.1, 0.15) is 0 Å². The molecule has 12 heavy (non-hydrogen) atoms. The van der Waals surface area contributed by atoms with Crippen LogP contribution >= 0.6 is 0 Å². The highest BCUT2D eigenvalue weighted by Crippen LogP contribution is 2.09. The van der Waals surface area contributed by atoms with Gasteiger partial charge in [0.05, 0.1) is 6.07 Å². The summed E-state index contributed by atoms with van der Waals surface area (Å²) in [6.07, 6.45) is 1.15. The lowest BCUT2D eigenvalue weighted by Gasteiger charge is -1.88. The van der Waals surface area contributed by atoms with E-state index in [1.54, 1.807) is 0 Å². The first-order valence-electron chi connectivity index (χ1n) is 2.76. The summed E-state index contributed by atoms with van der Waals surface area (Å²) in [6, 6.07) is 1.11. The Morgan fingerprint density at radius 1 is 1.75 bits per heavy atom. The fourth-order valence-electron chi connectivity index (χ4n) is 0.529. The Kier molecular flexibility index (Phi) is 2.14. The average molecular weight is 166 g/mol. The second-order valence-corrected chi connectivity index (χ2v) is 1.66. The lowest BCUT2D eigenvalue weighted by atomic mass is 10.6. The Labute approximate surface area is 65.7 Å². The van der Waals surface area contributed by atoms with E-state index in [4.69, 9.17) is 5.53 Å². The van der Waals surface area contributed by atoms with Crippen LogP contribution in [0.4, 0.5) is 11.8 Å². The number of hydrogen-bond donors (Lipinski definition) is 0. The quantitative estimate of drug-likeness (QED) is 0.216. The lowest BCUT2D eigenvalue weighted by Crippen LogP contribution is -1.91. The smallest absolute Gasteiger partial charge is 0.358 e. The van der Waals surface area contributed by atoms with Crippen LogP contribution in [0.2, 0.25) is 0 Å². The molecule has 0 saturated heterocycles. The van der Waals surface area contributed by atoms with Crippen molar-refractivity contribution in [3.05, 3.63) is 32.8 Å².